The van der Waals surface area contributed by atoms with Crippen molar-refractivity contribution < 1.29 is 38.2 Å². The Bertz CT molecular complexity index is 2380. The summed E-state index contributed by atoms with van der Waals surface area (Å²) in [5.41, 5.74) is 6.49. The van der Waals surface area contributed by atoms with E-state index in [1.54, 1.807) is 67.4 Å². The number of anilines is 2. The number of amides is 4. The molecule has 2 aliphatic rings. The van der Waals surface area contributed by atoms with Gasteiger partial charge in [-0.3, -0.25) is 14.4 Å². The first kappa shape index (κ1) is 43.1. The minimum Gasteiger partial charge on any atom is -0.496 e. The fraction of sp³-hybridized carbons (Fsp3) is 0.283. The van der Waals surface area contributed by atoms with Gasteiger partial charge in [-0.2, -0.15) is 0 Å². The van der Waals surface area contributed by atoms with Crippen LogP contribution >= 0.6 is 12.4 Å². The molecule has 5 aromatic carbocycles. The van der Waals surface area contributed by atoms with Crippen LogP contribution in [0.25, 0.3) is 21.9 Å². The highest BCUT2D eigenvalue weighted by atomic mass is 35.5. The van der Waals surface area contributed by atoms with Gasteiger partial charge in [-0.15, -0.1) is 12.4 Å². The van der Waals surface area contributed by atoms with Crippen molar-refractivity contribution in [3.8, 4) is 16.9 Å². The zero-order valence-corrected chi connectivity index (χ0v) is 34.7. The molecule has 1 aliphatic carbocycles. The van der Waals surface area contributed by atoms with Gasteiger partial charge in [0.05, 0.1) is 50.3 Å². The van der Waals surface area contributed by atoms with E-state index in [1.165, 1.54) is 19.1 Å². The van der Waals surface area contributed by atoms with E-state index < -0.39 is 36.0 Å². The highest BCUT2D eigenvalue weighted by molar-refractivity contribution is 6.08. The van der Waals surface area contributed by atoms with Crippen LogP contribution in [0.5, 0.6) is 5.75 Å². The number of benzene rings is 5. The lowest BCUT2D eigenvalue weighted by Crippen LogP contribution is -2.55. The Morgan fingerprint density at radius 1 is 0.850 bits per heavy atom. The van der Waals surface area contributed by atoms with Crippen LogP contribution in [0.2, 0.25) is 0 Å². The standard InChI is InChI=1S/C46H47N5O8.ClH/c1-28(47-2)43(53)49-38-26-50(42(52)18-11-23-48-46(56)59-27-37-34-14-7-5-12-32(34)33-13-6-8-15-35(33)37)39-16-9-10-17-40(39)51(44(38)54)25-36-31-21-19-30(45(55)58-4)24-29(31)20-22-41(36)57-3;/h5-10,12-17,19-22,24,28,37-38,47H,11,18,23,25-27H2,1-4H3,(H,48,56)(H,49,53);1H/t28?,38-;/m0./s1. The number of nitrogens with one attached hydrogen (secondary N) is 3. The molecule has 0 spiro atoms. The molecule has 312 valence electrons. The Morgan fingerprint density at radius 2 is 1.52 bits per heavy atom. The number of carbonyl (C=O) groups excluding carboxylic acids is 5. The molecule has 0 fully saturated rings. The summed E-state index contributed by atoms with van der Waals surface area (Å²) in [6.07, 6.45) is -0.236. The van der Waals surface area contributed by atoms with Crippen molar-refractivity contribution >= 4 is 64.3 Å². The summed E-state index contributed by atoms with van der Waals surface area (Å²) in [6, 6.07) is 30.4. The molecule has 0 saturated carbocycles. The number of nitrogens with zero attached hydrogens (tertiary/aromatic N) is 2. The van der Waals surface area contributed by atoms with Gasteiger partial charge in [0.25, 0.3) is 5.91 Å². The van der Waals surface area contributed by atoms with Crippen LogP contribution in [0.15, 0.2) is 103 Å². The summed E-state index contributed by atoms with van der Waals surface area (Å²) in [6.45, 7) is 1.93. The van der Waals surface area contributed by atoms with E-state index in [1.807, 2.05) is 30.3 Å². The van der Waals surface area contributed by atoms with E-state index in [0.717, 1.165) is 33.0 Å². The third-order valence-corrected chi connectivity index (χ3v) is 11.1. The number of carbonyl (C=O) groups is 5. The van der Waals surface area contributed by atoms with E-state index in [2.05, 4.69) is 40.2 Å². The van der Waals surface area contributed by atoms with E-state index in [-0.39, 0.29) is 56.9 Å². The van der Waals surface area contributed by atoms with Gasteiger partial charge >= 0.3 is 12.1 Å². The van der Waals surface area contributed by atoms with E-state index in [4.69, 9.17) is 14.2 Å². The second kappa shape index (κ2) is 19.1. The first-order chi connectivity index (χ1) is 28.6. The number of ether oxygens (including phenoxy) is 3. The van der Waals surface area contributed by atoms with Crippen LogP contribution in [0.4, 0.5) is 16.2 Å². The molecule has 0 radical (unpaired) electrons. The molecule has 14 heteroatoms. The van der Waals surface area contributed by atoms with Gasteiger partial charge in [-0.05, 0) is 83.8 Å². The van der Waals surface area contributed by atoms with Crippen molar-refractivity contribution in [1.82, 2.24) is 16.0 Å². The number of fused-ring (bicyclic) bond motifs is 5. The molecule has 2 atom stereocenters. The monoisotopic (exact) mass is 833 g/mol. The summed E-state index contributed by atoms with van der Waals surface area (Å²) in [5, 5.41) is 10.0. The molecule has 5 aromatic rings. The topological polar surface area (TPSA) is 156 Å². The smallest absolute Gasteiger partial charge is 0.407 e. The van der Waals surface area contributed by atoms with Crippen LogP contribution < -0.4 is 30.5 Å². The minimum absolute atomic E-state index is 0. The van der Waals surface area contributed by atoms with Gasteiger partial charge in [-0.1, -0.05) is 72.8 Å². The summed E-state index contributed by atoms with van der Waals surface area (Å²) < 4.78 is 16.4. The first-order valence-electron chi connectivity index (χ1n) is 19.6. The number of rotatable bonds is 13. The molecule has 1 unspecified atom stereocenters. The molecule has 4 amide bonds. The first-order valence-corrected chi connectivity index (χ1v) is 19.6. The highest BCUT2D eigenvalue weighted by Gasteiger charge is 2.38. The predicted octanol–water partition coefficient (Wildman–Crippen LogP) is 6.35. The lowest BCUT2D eigenvalue weighted by atomic mass is 9.98. The second-order valence-electron chi connectivity index (χ2n) is 14.5. The number of hydrogen-bond acceptors (Lipinski definition) is 9. The van der Waals surface area contributed by atoms with Gasteiger partial charge in [0.15, 0.2) is 0 Å². The summed E-state index contributed by atoms with van der Waals surface area (Å²) in [5.74, 6) is -1.17. The number of methoxy groups -OCH3 is 2. The molecule has 7 rings (SSSR count). The highest BCUT2D eigenvalue weighted by Crippen LogP contribution is 2.44. The average molecular weight is 834 g/mol. The van der Waals surface area contributed by atoms with E-state index in [0.29, 0.717) is 34.7 Å². The molecular weight excluding hydrogens is 786 g/mol. The number of halogens is 1. The van der Waals surface area contributed by atoms with Gasteiger partial charge in [0.1, 0.15) is 18.4 Å². The number of esters is 1. The SMILES string of the molecule is CNC(C)C(=O)N[C@H]1CN(C(=O)CCCNC(=O)OCC2c3ccccc3-c3ccccc32)c2ccccc2N(Cc2c(OC)ccc3cc(C(=O)OC)ccc23)C1=O.Cl. The summed E-state index contributed by atoms with van der Waals surface area (Å²) in [4.78, 5) is 70.4. The maximum absolute atomic E-state index is 14.7. The third-order valence-electron chi connectivity index (χ3n) is 11.1. The summed E-state index contributed by atoms with van der Waals surface area (Å²) in [7, 11) is 4.50. The van der Waals surface area contributed by atoms with Crippen LogP contribution in [0.3, 0.4) is 0 Å². The van der Waals surface area contributed by atoms with Crippen LogP contribution in [-0.2, 0) is 30.4 Å². The van der Waals surface area contributed by atoms with Crippen LogP contribution in [0.1, 0.15) is 52.7 Å². The number of alkyl carbamates (subject to hydrolysis) is 1. The zero-order chi connectivity index (χ0) is 41.6. The Hall–Kier alpha value is -6.44. The third kappa shape index (κ3) is 8.77. The van der Waals surface area contributed by atoms with E-state index in [9.17, 15) is 24.0 Å². The maximum atomic E-state index is 14.7. The quantitative estimate of drug-likeness (QED) is 0.0910. The predicted molar refractivity (Wildman–Crippen MR) is 232 cm³/mol. The normalized spacial score (nSPS) is 14.8. The van der Waals surface area contributed by atoms with Crippen molar-refractivity contribution in [3.63, 3.8) is 0 Å². The van der Waals surface area contributed by atoms with Crippen molar-refractivity contribution in [3.05, 3.63) is 125 Å². The second-order valence-corrected chi connectivity index (χ2v) is 14.5. The van der Waals surface area contributed by atoms with Crippen molar-refractivity contribution in [2.24, 2.45) is 0 Å². The molecule has 3 N–H and O–H groups in total. The number of hydrogen-bond donors (Lipinski definition) is 3. The zero-order valence-electron chi connectivity index (χ0n) is 33.9. The molecule has 0 aromatic heterocycles. The Morgan fingerprint density at radius 3 is 2.18 bits per heavy atom. The number of para-hydroxylation sites is 2. The Labute approximate surface area is 354 Å². The van der Waals surface area contributed by atoms with Gasteiger partial charge in [0.2, 0.25) is 11.8 Å². The molecule has 0 saturated heterocycles. The number of likely N-dealkylation sites (N-methyl/N-ethyl adjacent to an activating group) is 1. The van der Waals surface area contributed by atoms with Crippen molar-refractivity contribution in [2.75, 3.05) is 50.8 Å². The lowest BCUT2D eigenvalue weighted by Gasteiger charge is -2.27. The molecule has 13 nitrogen and oxygen atoms in total. The maximum Gasteiger partial charge on any atom is 0.407 e. The fourth-order valence-electron chi connectivity index (χ4n) is 7.87. The minimum atomic E-state index is -1.11. The largest absolute Gasteiger partial charge is 0.496 e. The Balaban J connectivity index is 0.00000604. The van der Waals surface area contributed by atoms with Gasteiger partial charge in [0, 0.05) is 24.4 Å². The fourth-order valence-corrected chi connectivity index (χ4v) is 7.87. The average Bonchev–Trinajstić information content (AvgIpc) is 3.53. The van der Waals surface area contributed by atoms with Crippen LogP contribution in [0, 0.1) is 0 Å². The summed E-state index contributed by atoms with van der Waals surface area (Å²) >= 11 is 0. The molecule has 1 heterocycles. The molecular formula is C46H48ClN5O8. The molecule has 0 bridgehead atoms. The van der Waals surface area contributed by atoms with Gasteiger partial charge in [-0.25, -0.2) is 9.59 Å². The van der Waals surface area contributed by atoms with Crippen molar-refractivity contribution in [2.45, 2.75) is 44.3 Å². The van der Waals surface area contributed by atoms with Crippen LogP contribution in [-0.4, -0.2) is 82.8 Å². The van der Waals surface area contributed by atoms with Crippen molar-refractivity contribution in [1.29, 1.82) is 0 Å². The molecule has 60 heavy (non-hydrogen) atoms. The van der Waals surface area contributed by atoms with E-state index >= 15 is 0 Å². The Kier molecular flexibility index (Phi) is 13.7. The van der Waals surface area contributed by atoms with Gasteiger partial charge < -0.3 is 40.0 Å². The lowest BCUT2D eigenvalue weighted by molar-refractivity contribution is -0.128. The molecule has 1 aliphatic heterocycles.